The molecule has 1 aromatic heterocycles. The smallest absolute Gasteiger partial charge is 0.248 e. The lowest BCUT2D eigenvalue weighted by molar-refractivity contribution is -0.111. The van der Waals surface area contributed by atoms with E-state index in [1.165, 1.54) is 25.5 Å². The van der Waals surface area contributed by atoms with Crippen LogP contribution in [-0.2, 0) is 4.79 Å². The quantitative estimate of drug-likeness (QED) is 0.712. The molecule has 0 aliphatic heterocycles. The van der Waals surface area contributed by atoms with E-state index in [4.69, 9.17) is 13.9 Å². The van der Waals surface area contributed by atoms with Crippen molar-refractivity contribution in [2.75, 3.05) is 19.5 Å². The van der Waals surface area contributed by atoms with Gasteiger partial charge in [-0.25, -0.2) is 0 Å². The molecule has 1 heterocycles. The number of carbonyl (C=O) groups is 1. The average molecular weight is 351 g/mol. The summed E-state index contributed by atoms with van der Waals surface area (Å²) < 4.78 is 15.8. The van der Waals surface area contributed by atoms with Crippen LogP contribution in [0.15, 0.2) is 64.0 Å². The van der Waals surface area contributed by atoms with E-state index in [0.717, 1.165) is 0 Å². The second-order valence-electron chi connectivity index (χ2n) is 5.41. The highest BCUT2D eigenvalue weighted by Crippen LogP contribution is 2.29. The van der Waals surface area contributed by atoms with Crippen molar-refractivity contribution in [2.45, 2.75) is 0 Å². The van der Waals surface area contributed by atoms with E-state index >= 15 is 0 Å². The van der Waals surface area contributed by atoms with Gasteiger partial charge in [-0.15, -0.1) is 0 Å². The van der Waals surface area contributed by atoms with E-state index in [9.17, 15) is 9.59 Å². The highest BCUT2D eigenvalue weighted by Gasteiger charge is 2.08. The van der Waals surface area contributed by atoms with Crippen molar-refractivity contribution in [3.8, 4) is 11.5 Å². The third kappa shape index (κ3) is 3.59. The number of benzene rings is 2. The normalized spacial score (nSPS) is 10.8. The molecule has 3 aromatic rings. The Bertz CT molecular complexity index is 1040. The Labute approximate surface area is 149 Å². The second kappa shape index (κ2) is 7.57. The topological polar surface area (TPSA) is 77.8 Å². The second-order valence-corrected chi connectivity index (χ2v) is 5.41. The molecule has 0 unspecified atom stereocenters. The van der Waals surface area contributed by atoms with Crippen molar-refractivity contribution in [1.82, 2.24) is 0 Å². The fourth-order valence-electron chi connectivity index (χ4n) is 2.45. The lowest BCUT2D eigenvalue weighted by atomic mass is 10.1. The molecule has 0 saturated carbocycles. The van der Waals surface area contributed by atoms with Gasteiger partial charge in [-0.2, -0.15) is 0 Å². The first-order chi connectivity index (χ1) is 12.6. The minimum atomic E-state index is -0.402. The summed E-state index contributed by atoms with van der Waals surface area (Å²) in [5.41, 5.74) is 1.09. The molecular formula is C20H17NO5. The maximum Gasteiger partial charge on any atom is 0.248 e. The predicted molar refractivity (Wildman–Crippen MR) is 99.7 cm³/mol. The maximum absolute atomic E-state index is 12.4. The summed E-state index contributed by atoms with van der Waals surface area (Å²) in [6.07, 6.45) is 4.02. The van der Waals surface area contributed by atoms with Crippen molar-refractivity contribution in [1.29, 1.82) is 0 Å². The minimum Gasteiger partial charge on any atom is -0.497 e. The highest BCUT2D eigenvalue weighted by atomic mass is 16.5. The fraction of sp³-hybridized carbons (Fsp3) is 0.100. The van der Waals surface area contributed by atoms with Crippen LogP contribution in [0.4, 0.5) is 5.69 Å². The van der Waals surface area contributed by atoms with Crippen LogP contribution in [0, 0.1) is 0 Å². The average Bonchev–Trinajstić information content (AvgIpc) is 2.68. The van der Waals surface area contributed by atoms with E-state index in [0.29, 0.717) is 33.7 Å². The molecule has 0 spiro atoms. The van der Waals surface area contributed by atoms with E-state index < -0.39 is 5.91 Å². The molecule has 2 aromatic carbocycles. The standard InChI is InChI=1S/C20H17NO5/c1-24-14-8-9-16(18(11-14)25-2)21-19(22)10-7-13-12-26-17-6-4-3-5-15(17)20(13)23/h3-12H,1-2H3,(H,21,22)/b10-7+. The Morgan fingerprint density at radius 3 is 2.69 bits per heavy atom. The minimum absolute atomic E-state index is 0.196. The van der Waals surface area contributed by atoms with Crippen molar-refractivity contribution >= 4 is 28.6 Å². The Kier molecular flexibility index (Phi) is 5.03. The monoisotopic (exact) mass is 351 g/mol. The summed E-state index contributed by atoms with van der Waals surface area (Å²) in [5.74, 6) is 0.682. The van der Waals surface area contributed by atoms with Crippen LogP contribution in [0.2, 0.25) is 0 Å². The van der Waals surface area contributed by atoms with E-state index in [1.807, 2.05) is 0 Å². The number of fused-ring (bicyclic) bond motifs is 1. The molecule has 0 aliphatic carbocycles. The third-order valence-electron chi connectivity index (χ3n) is 3.79. The van der Waals surface area contributed by atoms with E-state index in [-0.39, 0.29) is 5.43 Å². The number of anilines is 1. The molecule has 0 aliphatic rings. The first-order valence-corrected chi connectivity index (χ1v) is 7.84. The molecule has 1 N–H and O–H groups in total. The first-order valence-electron chi connectivity index (χ1n) is 7.84. The largest absolute Gasteiger partial charge is 0.497 e. The molecule has 0 fully saturated rings. The van der Waals surface area contributed by atoms with Gasteiger partial charge in [-0.05, 0) is 30.3 Å². The molecule has 132 valence electrons. The summed E-state index contributed by atoms with van der Waals surface area (Å²) in [5, 5.41) is 3.17. The van der Waals surface area contributed by atoms with Crippen LogP contribution < -0.4 is 20.2 Å². The molecule has 0 saturated heterocycles. The van der Waals surface area contributed by atoms with Crippen molar-refractivity contribution in [3.05, 3.63) is 70.6 Å². The summed E-state index contributed by atoms with van der Waals surface area (Å²) in [4.78, 5) is 24.6. The summed E-state index contributed by atoms with van der Waals surface area (Å²) >= 11 is 0. The maximum atomic E-state index is 12.4. The van der Waals surface area contributed by atoms with Crippen molar-refractivity contribution < 1.29 is 18.7 Å². The predicted octanol–water partition coefficient (Wildman–Crippen LogP) is 3.46. The molecular weight excluding hydrogens is 334 g/mol. The van der Waals surface area contributed by atoms with Gasteiger partial charge >= 0.3 is 0 Å². The first kappa shape index (κ1) is 17.3. The third-order valence-corrected chi connectivity index (χ3v) is 3.79. The van der Waals surface area contributed by atoms with E-state index in [2.05, 4.69) is 5.32 Å². The van der Waals surface area contributed by atoms with Gasteiger partial charge in [-0.3, -0.25) is 9.59 Å². The summed E-state index contributed by atoms with van der Waals surface area (Å²) in [7, 11) is 3.05. The molecule has 0 bridgehead atoms. The number of rotatable bonds is 5. The number of ether oxygens (including phenoxy) is 2. The van der Waals surface area contributed by atoms with Crippen molar-refractivity contribution in [2.24, 2.45) is 0 Å². The van der Waals surface area contributed by atoms with Gasteiger partial charge in [0.1, 0.15) is 23.3 Å². The number of methoxy groups -OCH3 is 2. The number of hydrogen-bond donors (Lipinski definition) is 1. The van der Waals surface area contributed by atoms with Gasteiger partial charge in [0, 0.05) is 12.1 Å². The zero-order chi connectivity index (χ0) is 18.5. The van der Waals surface area contributed by atoms with Gasteiger partial charge in [-0.1, -0.05) is 12.1 Å². The van der Waals surface area contributed by atoms with Crippen LogP contribution in [0.3, 0.4) is 0 Å². The molecule has 0 atom stereocenters. The fourth-order valence-corrected chi connectivity index (χ4v) is 2.45. The molecule has 1 amide bonds. The Morgan fingerprint density at radius 2 is 1.92 bits per heavy atom. The lowest BCUT2D eigenvalue weighted by Gasteiger charge is -2.10. The molecule has 6 heteroatoms. The number of para-hydroxylation sites is 1. The van der Waals surface area contributed by atoms with Crippen LogP contribution >= 0.6 is 0 Å². The number of nitrogens with one attached hydrogen (secondary N) is 1. The van der Waals surface area contributed by atoms with Gasteiger partial charge in [0.15, 0.2) is 5.43 Å². The lowest BCUT2D eigenvalue weighted by Crippen LogP contribution is -2.10. The Morgan fingerprint density at radius 1 is 1.12 bits per heavy atom. The number of carbonyl (C=O) groups excluding carboxylic acids is 1. The molecule has 3 rings (SSSR count). The Hall–Kier alpha value is -3.54. The van der Waals surface area contributed by atoms with Gasteiger partial charge < -0.3 is 19.2 Å². The van der Waals surface area contributed by atoms with Gasteiger partial charge in [0.25, 0.3) is 0 Å². The Balaban J connectivity index is 1.80. The zero-order valence-corrected chi connectivity index (χ0v) is 14.3. The van der Waals surface area contributed by atoms with Crippen LogP contribution in [0.5, 0.6) is 11.5 Å². The van der Waals surface area contributed by atoms with Crippen LogP contribution in [0.25, 0.3) is 17.0 Å². The van der Waals surface area contributed by atoms with Gasteiger partial charge in [0.2, 0.25) is 5.91 Å². The summed E-state index contributed by atoms with van der Waals surface area (Å²) in [6.45, 7) is 0. The van der Waals surface area contributed by atoms with Crippen LogP contribution in [-0.4, -0.2) is 20.1 Å². The SMILES string of the molecule is COc1ccc(NC(=O)/C=C/c2coc3ccccc3c2=O)c(OC)c1. The van der Waals surface area contributed by atoms with Crippen molar-refractivity contribution in [3.63, 3.8) is 0 Å². The number of amides is 1. The van der Waals surface area contributed by atoms with Gasteiger partial charge in [0.05, 0.1) is 30.9 Å². The molecule has 6 nitrogen and oxygen atoms in total. The molecule has 0 radical (unpaired) electrons. The highest BCUT2D eigenvalue weighted by molar-refractivity contribution is 6.03. The summed E-state index contributed by atoms with van der Waals surface area (Å²) in [6, 6.07) is 12.0. The van der Waals surface area contributed by atoms with E-state index in [1.54, 1.807) is 49.6 Å². The molecule has 26 heavy (non-hydrogen) atoms. The number of hydrogen-bond acceptors (Lipinski definition) is 5. The zero-order valence-electron chi connectivity index (χ0n) is 14.3. The van der Waals surface area contributed by atoms with Crippen LogP contribution in [0.1, 0.15) is 5.56 Å².